The van der Waals surface area contributed by atoms with Crippen LogP contribution in [0.15, 0.2) is 66.7 Å². The lowest BCUT2D eigenvalue weighted by atomic mass is 9.91. The molecule has 0 aliphatic carbocycles. The summed E-state index contributed by atoms with van der Waals surface area (Å²) in [7, 11) is -5.23. The summed E-state index contributed by atoms with van der Waals surface area (Å²) in [6.45, 7) is 0. The second kappa shape index (κ2) is 10.2. The Kier molecular flexibility index (Phi) is 7.55. The average molecular weight is 647 g/mol. The van der Waals surface area contributed by atoms with Crippen molar-refractivity contribution >= 4 is 49.5 Å². The number of aromatic nitrogens is 1. The Balaban J connectivity index is 2.14. The van der Waals surface area contributed by atoms with Crippen molar-refractivity contribution in [1.29, 1.82) is 0 Å². The molecule has 0 aliphatic rings. The van der Waals surface area contributed by atoms with Crippen molar-refractivity contribution in [3.63, 3.8) is 0 Å². The molecule has 0 radical (unpaired) electrons. The number of ether oxygens (including phenoxy) is 1. The predicted octanol–water partition coefficient (Wildman–Crippen LogP) is 6.88. The van der Waals surface area contributed by atoms with Crippen molar-refractivity contribution in [1.82, 2.24) is 0 Å². The summed E-state index contributed by atoms with van der Waals surface area (Å²) in [5.74, 6) is -3.71. The lowest BCUT2D eigenvalue weighted by molar-refractivity contribution is -0.617. The SMILES string of the molecule is C[n+]1c2ccccc2c(C(=O)OC(c2ccccc2)(C(F)(F)F)C(F)(F)F)c2c(OS(=O)(=O)C(F)(F)F)c(Cl)ccc21. The number of rotatable bonds is 5. The average Bonchev–Trinajstić information content (AvgIpc) is 2.87. The number of alkyl halides is 9. The van der Waals surface area contributed by atoms with Gasteiger partial charge in [-0.25, -0.2) is 4.79 Å². The minimum Gasteiger partial charge on any atom is -0.431 e. The largest absolute Gasteiger partial charge is 0.534 e. The number of pyridine rings is 1. The van der Waals surface area contributed by atoms with Crippen LogP contribution in [0.4, 0.5) is 39.5 Å². The standard InChI is InChI=1S/C25H14ClF9NO5S/c1-36-16-10-6-5-9-14(16)18(19-17(36)12-11-15(26)20(19)41-42(38,39)25(33,34)35)21(37)40-22(23(27,28)29,24(30,31)32)13-7-3-2-4-8-13/h2-12H,1H3/q+1. The Morgan fingerprint density at radius 1 is 0.786 bits per heavy atom. The third-order valence-corrected chi connectivity index (χ3v) is 7.39. The molecule has 1 aromatic heterocycles. The third-order valence-electron chi connectivity index (χ3n) is 6.14. The first-order valence-corrected chi connectivity index (χ1v) is 13.0. The van der Waals surface area contributed by atoms with Crippen LogP contribution in [-0.4, -0.2) is 32.2 Å². The number of halogens is 10. The minimum atomic E-state index is -6.50. The van der Waals surface area contributed by atoms with E-state index in [2.05, 4.69) is 8.92 Å². The van der Waals surface area contributed by atoms with Crippen LogP contribution in [0.25, 0.3) is 21.8 Å². The third kappa shape index (κ3) is 4.95. The van der Waals surface area contributed by atoms with E-state index in [1.807, 2.05) is 0 Å². The van der Waals surface area contributed by atoms with Gasteiger partial charge >= 0.3 is 39.5 Å². The van der Waals surface area contributed by atoms with Crippen LogP contribution in [0.2, 0.25) is 5.02 Å². The second-order valence-electron chi connectivity index (χ2n) is 8.64. The Hall–Kier alpha value is -3.79. The summed E-state index contributed by atoms with van der Waals surface area (Å²) < 4.78 is 159. The quantitative estimate of drug-likeness (QED) is 0.0591. The van der Waals surface area contributed by atoms with E-state index < -0.39 is 72.2 Å². The predicted molar refractivity (Wildman–Crippen MR) is 129 cm³/mol. The van der Waals surface area contributed by atoms with E-state index in [4.69, 9.17) is 11.6 Å². The van der Waals surface area contributed by atoms with Crippen LogP contribution in [0.1, 0.15) is 15.9 Å². The molecular weight excluding hydrogens is 633 g/mol. The molecule has 0 N–H and O–H groups in total. The molecule has 42 heavy (non-hydrogen) atoms. The van der Waals surface area contributed by atoms with E-state index in [0.29, 0.717) is 12.1 Å². The minimum absolute atomic E-state index is 0.0202. The summed E-state index contributed by atoms with van der Waals surface area (Å²) in [5, 5.41) is -2.27. The maximum atomic E-state index is 14.4. The summed E-state index contributed by atoms with van der Waals surface area (Å²) >= 11 is 5.94. The Morgan fingerprint density at radius 3 is 1.88 bits per heavy atom. The van der Waals surface area contributed by atoms with Gasteiger partial charge in [0.2, 0.25) is 11.0 Å². The van der Waals surface area contributed by atoms with E-state index in [0.717, 1.165) is 36.4 Å². The van der Waals surface area contributed by atoms with Crippen LogP contribution in [-0.2, 0) is 27.5 Å². The van der Waals surface area contributed by atoms with Gasteiger partial charge in [0, 0.05) is 17.7 Å². The zero-order valence-electron chi connectivity index (χ0n) is 20.5. The smallest absolute Gasteiger partial charge is 0.431 e. The summed E-state index contributed by atoms with van der Waals surface area (Å²) in [5.41, 5.74) is -14.4. The normalized spacial score (nSPS) is 13.4. The number of hydrogen-bond acceptors (Lipinski definition) is 5. The van der Waals surface area contributed by atoms with Gasteiger partial charge in [0.1, 0.15) is 12.4 Å². The maximum Gasteiger partial charge on any atom is 0.534 e. The van der Waals surface area contributed by atoms with Crippen molar-refractivity contribution in [3.8, 4) is 5.75 Å². The molecule has 0 spiro atoms. The fourth-order valence-corrected chi connectivity index (χ4v) is 5.01. The second-order valence-corrected chi connectivity index (χ2v) is 10.6. The molecule has 0 atom stereocenters. The zero-order chi connectivity index (χ0) is 31.5. The molecule has 6 nitrogen and oxygen atoms in total. The molecule has 0 fully saturated rings. The van der Waals surface area contributed by atoms with Crippen LogP contribution < -0.4 is 8.75 Å². The highest BCUT2D eigenvalue weighted by molar-refractivity contribution is 7.88. The van der Waals surface area contributed by atoms with Gasteiger partial charge in [0.25, 0.3) is 0 Å². The highest BCUT2D eigenvalue weighted by Crippen LogP contribution is 2.54. The van der Waals surface area contributed by atoms with Gasteiger partial charge < -0.3 is 8.92 Å². The molecule has 1 heterocycles. The Morgan fingerprint density at radius 2 is 1.33 bits per heavy atom. The van der Waals surface area contributed by atoms with Gasteiger partial charge in [-0.15, -0.1) is 0 Å². The number of carbonyl (C=O) groups excluding carboxylic acids is 1. The fraction of sp³-hybridized carbons (Fsp3) is 0.200. The van der Waals surface area contributed by atoms with Crippen molar-refractivity contribution in [2.45, 2.75) is 23.5 Å². The molecule has 0 saturated carbocycles. The molecule has 224 valence electrons. The van der Waals surface area contributed by atoms with Crippen LogP contribution >= 0.6 is 11.6 Å². The van der Waals surface area contributed by atoms with Gasteiger partial charge in [-0.3, -0.25) is 0 Å². The number of fused-ring (bicyclic) bond motifs is 2. The van der Waals surface area contributed by atoms with E-state index in [1.54, 1.807) is 0 Å². The van der Waals surface area contributed by atoms with Gasteiger partial charge in [0.15, 0.2) is 5.75 Å². The molecule has 0 bridgehead atoms. The van der Waals surface area contributed by atoms with Gasteiger partial charge in [-0.05, 0) is 12.1 Å². The number of nitrogens with zero attached hydrogens (tertiary/aromatic N) is 1. The maximum absolute atomic E-state index is 14.4. The topological polar surface area (TPSA) is 73.5 Å². The number of benzene rings is 3. The summed E-state index contributed by atoms with van der Waals surface area (Å²) in [4.78, 5) is 13.6. The highest BCUT2D eigenvalue weighted by atomic mass is 35.5. The first-order chi connectivity index (χ1) is 19.2. The Bertz CT molecular complexity index is 1790. The van der Waals surface area contributed by atoms with E-state index in [-0.39, 0.29) is 11.0 Å². The lowest BCUT2D eigenvalue weighted by Crippen LogP contribution is -2.57. The van der Waals surface area contributed by atoms with E-state index >= 15 is 0 Å². The van der Waals surface area contributed by atoms with Crippen molar-refractivity contribution < 1.29 is 66.2 Å². The molecule has 0 aliphatic heterocycles. The molecule has 0 saturated heterocycles. The molecule has 4 rings (SSSR count). The molecule has 0 unspecified atom stereocenters. The Labute approximate surface area is 234 Å². The molecule has 0 amide bonds. The number of esters is 1. The molecular formula is C25H14ClF9NO5S+. The van der Waals surface area contributed by atoms with Gasteiger partial charge in [-0.1, -0.05) is 54.1 Å². The molecule has 17 heteroatoms. The highest BCUT2D eigenvalue weighted by Gasteiger charge is 2.75. The fourth-order valence-electron chi connectivity index (χ4n) is 4.29. The summed E-state index contributed by atoms with van der Waals surface area (Å²) in [6, 6.07) is 10.4. The van der Waals surface area contributed by atoms with Crippen molar-refractivity contribution in [3.05, 3.63) is 82.9 Å². The zero-order valence-corrected chi connectivity index (χ0v) is 22.1. The first kappa shape index (κ1) is 31.2. The van der Waals surface area contributed by atoms with Crippen molar-refractivity contribution in [2.24, 2.45) is 7.05 Å². The first-order valence-electron chi connectivity index (χ1n) is 11.2. The summed E-state index contributed by atoms with van der Waals surface area (Å²) in [6.07, 6.45) is -12.6. The van der Waals surface area contributed by atoms with Crippen LogP contribution in [0.5, 0.6) is 5.75 Å². The number of carbonyl (C=O) groups is 1. The lowest BCUT2D eigenvalue weighted by Gasteiger charge is -2.37. The van der Waals surface area contributed by atoms with E-state index in [1.165, 1.54) is 29.8 Å². The monoisotopic (exact) mass is 646 g/mol. The number of hydrogen-bond donors (Lipinski definition) is 0. The van der Waals surface area contributed by atoms with Crippen molar-refractivity contribution in [2.75, 3.05) is 0 Å². The van der Waals surface area contributed by atoms with Crippen LogP contribution in [0.3, 0.4) is 0 Å². The van der Waals surface area contributed by atoms with Crippen LogP contribution in [0, 0.1) is 0 Å². The molecule has 3 aromatic carbocycles. The van der Waals surface area contributed by atoms with Gasteiger partial charge in [-0.2, -0.15) is 52.5 Å². The number of aryl methyl sites for hydroxylation is 1. The molecule has 4 aromatic rings. The van der Waals surface area contributed by atoms with E-state index in [9.17, 15) is 52.7 Å². The number of para-hydroxylation sites is 1. The van der Waals surface area contributed by atoms with Gasteiger partial charge in [0.05, 0.1) is 16.0 Å².